The average molecular weight is 328 g/mol. The molecule has 0 fully saturated rings. The molecule has 24 heavy (non-hydrogen) atoms. The molecule has 0 saturated heterocycles. The molecule has 1 amide bonds. The highest BCUT2D eigenvalue weighted by atomic mass is 16.5. The summed E-state index contributed by atoms with van der Waals surface area (Å²) < 4.78 is 15.7. The summed E-state index contributed by atoms with van der Waals surface area (Å²) in [6, 6.07) is 8.87. The van der Waals surface area contributed by atoms with E-state index >= 15 is 0 Å². The Morgan fingerprint density at radius 2 is 2.00 bits per heavy atom. The van der Waals surface area contributed by atoms with Crippen molar-refractivity contribution in [2.75, 3.05) is 26.1 Å². The monoisotopic (exact) mass is 328 g/mol. The van der Waals surface area contributed by atoms with Crippen LogP contribution in [-0.2, 0) is 4.79 Å². The number of nitrogens with one attached hydrogen (secondary N) is 1. The fourth-order valence-corrected chi connectivity index (χ4v) is 1.99. The van der Waals surface area contributed by atoms with Crippen molar-refractivity contribution in [3.63, 3.8) is 0 Å². The number of hydrogen-bond acceptors (Lipinski definition) is 5. The first-order valence-corrected chi connectivity index (χ1v) is 7.46. The number of hydrogen-bond donors (Lipinski definition) is 1. The van der Waals surface area contributed by atoms with E-state index in [1.54, 1.807) is 25.3 Å². The summed E-state index contributed by atoms with van der Waals surface area (Å²) in [4.78, 5) is 16.0. The third kappa shape index (κ3) is 4.74. The van der Waals surface area contributed by atoms with Gasteiger partial charge in [-0.2, -0.15) is 0 Å². The number of aromatic nitrogens is 1. The molecule has 1 heterocycles. The maximum Gasteiger partial charge on any atom is 0.248 e. The second-order valence-corrected chi connectivity index (χ2v) is 4.76. The summed E-state index contributed by atoms with van der Waals surface area (Å²) >= 11 is 0. The van der Waals surface area contributed by atoms with Crippen molar-refractivity contribution >= 4 is 17.7 Å². The number of methoxy groups -OCH3 is 2. The topological polar surface area (TPSA) is 69.7 Å². The van der Waals surface area contributed by atoms with Crippen LogP contribution in [0.1, 0.15) is 12.5 Å². The van der Waals surface area contributed by atoms with Crippen molar-refractivity contribution < 1.29 is 19.0 Å². The van der Waals surface area contributed by atoms with E-state index in [0.29, 0.717) is 29.7 Å². The first-order valence-electron chi connectivity index (χ1n) is 7.46. The van der Waals surface area contributed by atoms with Gasteiger partial charge in [0.15, 0.2) is 11.5 Å². The lowest BCUT2D eigenvalue weighted by Gasteiger charge is -2.09. The highest BCUT2D eigenvalue weighted by Crippen LogP contribution is 2.28. The molecule has 0 atom stereocenters. The van der Waals surface area contributed by atoms with Crippen molar-refractivity contribution in [1.29, 1.82) is 0 Å². The van der Waals surface area contributed by atoms with Crippen molar-refractivity contribution in [2.24, 2.45) is 0 Å². The van der Waals surface area contributed by atoms with Gasteiger partial charge in [0.2, 0.25) is 11.8 Å². The Morgan fingerprint density at radius 1 is 1.17 bits per heavy atom. The van der Waals surface area contributed by atoms with Crippen molar-refractivity contribution in [1.82, 2.24) is 4.98 Å². The SMILES string of the molecule is CCOc1ccc(C=CC(=O)Nc2ccc(OC)nc2)cc1OC. The van der Waals surface area contributed by atoms with Gasteiger partial charge < -0.3 is 19.5 Å². The van der Waals surface area contributed by atoms with Crippen LogP contribution in [-0.4, -0.2) is 31.7 Å². The van der Waals surface area contributed by atoms with Crippen molar-refractivity contribution in [3.8, 4) is 17.4 Å². The van der Waals surface area contributed by atoms with E-state index in [0.717, 1.165) is 5.56 Å². The fourth-order valence-electron chi connectivity index (χ4n) is 1.99. The highest BCUT2D eigenvalue weighted by molar-refractivity contribution is 6.01. The number of pyridine rings is 1. The van der Waals surface area contributed by atoms with Gasteiger partial charge in [0.05, 0.1) is 32.7 Å². The van der Waals surface area contributed by atoms with Crippen LogP contribution in [0.2, 0.25) is 0 Å². The molecule has 1 aromatic heterocycles. The predicted molar refractivity (Wildman–Crippen MR) is 92.6 cm³/mol. The fraction of sp³-hybridized carbons (Fsp3) is 0.222. The molecular weight excluding hydrogens is 308 g/mol. The number of anilines is 1. The minimum absolute atomic E-state index is 0.255. The zero-order valence-corrected chi connectivity index (χ0v) is 13.9. The van der Waals surface area contributed by atoms with Gasteiger partial charge >= 0.3 is 0 Å². The summed E-state index contributed by atoms with van der Waals surface area (Å²) in [6.07, 6.45) is 4.67. The zero-order chi connectivity index (χ0) is 17.4. The normalized spacial score (nSPS) is 10.5. The van der Waals surface area contributed by atoms with E-state index in [2.05, 4.69) is 10.3 Å². The van der Waals surface area contributed by atoms with Crippen molar-refractivity contribution in [3.05, 3.63) is 48.2 Å². The summed E-state index contributed by atoms with van der Waals surface area (Å²) in [5, 5.41) is 2.72. The van der Waals surface area contributed by atoms with E-state index in [4.69, 9.17) is 14.2 Å². The van der Waals surface area contributed by atoms with Gasteiger partial charge in [-0.3, -0.25) is 4.79 Å². The molecule has 126 valence electrons. The van der Waals surface area contributed by atoms with Crippen molar-refractivity contribution in [2.45, 2.75) is 6.92 Å². The lowest BCUT2D eigenvalue weighted by atomic mass is 10.2. The van der Waals surface area contributed by atoms with Gasteiger partial charge in [-0.25, -0.2) is 4.98 Å². The zero-order valence-electron chi connectivity index (χ0n) is 13.9. The largest absolute Gasteiger partial charge is 0.493 e. The number of rotatable bonds is 7. The summed E-state index contributed by atoms with van der Waals surface area (Å²) in [6.45, 7) is 2.47. The summed E-state index contributed by atoms with van der Waals surface area (Å²) in [5.41, 5.74) is 1.42. The Balaban J connectivity index is 2.02. The van der Waals surface area contributed by atoms with E-state index < -0.39 is 0 Å². The van der Waals surface area contributed by atoms with Gasteiger partial charge in [0, 0.05) is 12.1 Å². The predicted octanol–water partition coefficient (Wildman–Crippen LogP) is 3.15. The van der Waals surface area contributed by atoms with Gasteiger partial charge in [0.1, 0.15) is 0 Å². The minimum Gasteiger partial charge on any atom is -0.493 e. The molecule has 2 rings (SSSR count). The Kier molecular flexibility index (Phi) is 6.19. The number of carbonyl (C=O) groups excluding carboxylic acids is 1. The van der Waals surface area contributed by atoms with Crippen LogP contribution in [0, 0.1) is 0 Å². The second kappa shape index (κ2) is 8.57. The van der Waals surface area contributed by atoms with Crippen LogP contribution in [0.5, 0.6) is 17.4 Å². The molecular formula is C18H20N2O4. The first-order chi connectivity index (χ1) is 11.7. The molecule has 2 aromatic rings. The third-order valence-corrected chi connectivity index (χ3v) is 3.13. The Bertz CT molecular complexity index is 711. The molecule has 6 heteroatoms. The van der Waals surface area contributed by atoms with Gasteiger partial charge in [-0.1, -0.05) is 6.07 Å². The van der Waals surface area contributed by atoms with E-state index in [9.17, 15) is 4.79 Å². The molecule has 1 aromatic carbocycles. The smallest absolute Gasteiger partial charge is 0.248 e. The Morgan fingerprint density at radius 3 is 2.62 bits per heavy atom. The lowest BCUT2D eigenvalue weighted by molar-refractivity contribution is -0.111. The molecule has 0 aliphatic carbocycles. The number of carbonyl (C=O) groups is 1. The van der Waals surface area contributed by atoms with E-state index in [1.165, 1.54) is 19.4 Å². The quantitative estimate of drug-likeness (QED) is 0.791. The number of ether oxygens (including phenoxy) is 3. The van der Waals surface area contributed by atoms with Gasteiger partial charge in [-0.15, -0.1) is 0 Å². The molecule has 0 radical (unpaired) electrons. The number of amides is 1. The third-order valence-electron chi connectivity index (χ3n) is 3.13. The number of nitrogens with zero attached hydrogens (tertiary/aromatic N) is 1. The van der Waals surface area contributed by atoms with Crippen LogP contribution >= 0.6 is 0 Å². The Hall–Kier alpha value is -3.02. The molecule has 0 unspecified atom stereocenters. The van der Waals surface area contributed by atoms with Crippen LogP contribution in [0.15, 0.2) is 42.6 Å². The van der Waals surface area contributed by atoms with Crippen LogP contribution in [0.4, 0.5) is 5.69 Å². The summed E-state index contributed by atoms with van der Waals surface area (Å²) in [7, 11) is 3.11. The standard InChI is InChI=1S/C18H20N2O4/c1-4-24-15-8-5-13(11-16(15)22-2)6-9-17(21)20-14-7-10-18(23-3)19-12-14/h5-12H,4H2,1-3H3,(H,20,21). The van der Waals surface area contributed by atoms with Crippen LogP contribution in [0.3, 0.4) is 0 Å². The maximum atomic E-state index is 12.0. The molecule has 0 bridgehead atoms. The Labute approximate surface area is 141 Å². The van der Waals surface area contributed by atoms with E-state index in [1.807, 2.05) is 25.1 Å². The average Bonchev–Trinajstić information content (AvgIpc) is 2.61. The number of benzene rings is 1. The van der Waals surface area contributed by atoms with E-state index in [-0.39, 0.29) is 5.91 Å². The maximum absolute atomic E-state index is 12.0. The van der Waals surface area contributed by atoms with Gasteiger partial charge in [0.25, 0.3) is 0 Å². The first kappa shape index (κ1) is 17.3. The molecule has 6 nitrogen and oxygen atoms in total. The molecule has 0 spiro atoms. The highest BCUT2D eigenvalue weighted by Gasteiger charge is 2.04. The molecule has 0 aliphatic heterocycles. The lowest BCUT2D eigenvalue weighted by Crippen LogP contribution is -2.07. The molecule has 0 saturated carbocycles. The van der Waals surface area contributed by atoms with Gasteiger partial charge in [-0.05, 0) is 36.8 Å². The van der Waals surface area contributed by atoms with Crippen LogP contribution in [0.25, 0.3) is 6.08 Å². The van der Waals surface area contributed by atoms with Crippen LogP contribution < -0.4 is 19.5 Å². The minimum atomic E-state index is -0.255. The summed E-state index contributed by atoms with van der Waals surface area (Å²) in [5.74, 6) is 1.53. The second-order valence-electron chi connectivity index (χ2n) is 4.76. The molecule has 0 aliphatic rings. The molecule has 1 N–H and O–H groups in total.